The van der Waals surface area contributed by atoms with Crippen LogP contribution in [0, 0.1) is 11.3 Å². The van der Waals surface area contributed by atoms with Gasteiger partial charge in [0.15, 0.2) is 0 Å². The van der Waals surface area contributed by atoms with Gasteiger partial charge in [0.05, 0.1) is 17.9 Å². The maximum absolute atomic E-state index is 12.6. The Morgan fingerprint density at radius 3 is 2.61 bits per heavy atom. The minimum Gasteiger partial charge on any atom is -0.494 e. The summed E-state index contributed by atoms with van der Waals surface area (Å²) in [6, 6.07) is 7.15. The van der Waals surface area contributed by atoms with Crippen LogP contribution < -0.4 is 10.1 Å². The van der Waals surface area contributed by atoms with Crippen LogP contribution in [0.15, 0.2) is 18.2 Å². The summed E-state index contributed by atoms with van der Waals surface area (Å²) < 4.78 is 11.1. The molecule has 23 heavy (non-hydrogen) atoms. The van der Waals surface area contributed by atoms with Crippen LogP contribution in [0.2, 0.25) is 0 Å². The summed E-state index contributed by atoms with van der Waals surface area (Å²) in [5.41, 5.74) is -0.0437. The van der Waals surface area contributed by atoms with Gasteiger partial charge in [-0.3, -0.25) is 4.79 Å². The lowest BCUT2D eigenvalue weighted by Crippen LogP contribution is -2.43. The molecule has 5 heteroatoms. The number of hydrogen-bond acceptors (Lipinski definition) is 4. The minimum atomic E-state index is -0.893. The molecule has 0 bridgehead atoms. The van der Waals surface area contributed by atoms with E-state index in [0.717, 1.165) is 12.8 Å². The SMILES string of the molecule is CCCCC(C)(OCC)C(=O)Nc1ccc(OCC)cc1C#N. The quantitative estimate of drug-likeness (QED) is 0.750. The second-order valence-electron chi connectivity index (χ2n) is 5.47. The van der Waals surface area contributed by atoms with Crippen molar-refractivity contribution < 1.29 is 14.3 Å². The molecule has 5 nitrogen and oxygen atoms in total. The van der Waals surface area contributed by atoms with Crippen molar-refractivity contribution in [1.29, 1.82) is 5.26 Å². The van der Waals surface area contributed by atoms with E-state index in [9.17, 15) is 10.1 Å². The predicted octanol–water partition coefficient (Wildman–Crippen LogP) is 3.88. The van der Waals surface area contributed by atoms with Crippen LogP contribution in [0.3, 0.4) is 0 Å². The number of ether oxygens (including phenoxy) is 2. The number of nitrogens with one attached hydrogen (secondary N) is 1. The van der Waals surface area contributed by atoms with Gasteiger partial charge in [0, 0.05) is 6.61 Å². The van der Waals surface area contributed by atoms with Gasteiger partial charge in [-0.2, -0.15) is 5.26 Å². The Labute approximate surface area is 138 Å². The van der Waals surface area contributed by atoms with E-state index in [1.54, 1.807) is 25.1 Å². The lowest BCUT2D eigenvalue weighted by molar-refractivity contribution is -0.139. The molecule has 0 fully saturated rings. The van der Waals surface area contributed by atoms with Gasteiger partial charge in [0.1, 0.15) is 17.4 Å². The third kappa shape index (κ3) is 5.26. The molecule has 0 aliphatic rings. The molecule has 1 unspecified atom stereocenters. The van der Waals surface area contributed by atoms with Crippen LogP contribution in [0.5, 0.6) is 5.75 Å². The number of carbonyl (C=O) groups excluding carboxylic acids is 1. The Kier molecular flexibility index (Phi) is 7.56. The van der Waals surface area contributed by atoms with Crippen molar-refractivity contribution >= 4 is 11.6 Å². The highest BCUT2D eigenvalue weighted by atomic mass is 16.5. The van der Waals surface area contributed by atoms with Gasteiger partial charge < -0.3 is 14.8 Å². The standard InChI is InChI=1S/C18H26N2O3/c1-5-8-11-18(4,23-7-3)17(21)20-16-10-9-15(22-6-2)12-14(16)13-19/h9-10,12H,5-8,11H2,1-4H3,(H,20,21). The highest BCUT2D eigenvalue weighted by Crippen LogP contribution is 2.25. The molecular weight excluding hydrogens is 292 g/mol. The summed E-state index contributed by atoms with van der Waals surface area (Å²) in [5, 5.41) is 12.1. The maximum Gasteiger partial charge on any atom is 0.256 e. The van der Waals surface area contributed by atoms with Crippen LogP contribution in [0.4, 0.5) is 5.69 Å². The molecule has 126 valence electrons. The predicted molar refractivity (Wildman–Crippen MR) is 90.5 cm³/mol. The Morgan fingerprint density at radius 1 is 1.30 bits per heavy atom. The molecule has 0 radical (unpaired) electrons. The van der Waals surface area contributed by atoms with Crippen molar-refractivity contribution in [3.8, 4) is 11.8 Å². The van der Waals surface area contributed by atoms with E-state index in [1.807, 2.05) is 13.8 Å². The largest absolute Gasteiger partial charge is 0.494 e. The second-order valence-corrected chi connectivity index (χ2v) is 5.47. The highest BCUT2D eigenvalue weighted by molar-refractivity contribution is 5.98. The molecule has 0 aliphatic carbocycles. The number of amides is 1. The molecule has 1 atom stereocenters. The van der Waals surface area contributed by atoms with E-state index in [1.165, 1.54) is 0 Å². The summed E-state index contributed by atoms with van der Waals surface area (Å²) in [4.78, 5) is 12.6. The van der Waals surface area contributed by atoms with Gasteiger partial charge in [-0.05, 0) is 45.4 Å². The molecule has 0 saturated heterocycles. The van der Waals surface area contributed by atoms with Gasteiger partial charge in [0.2, 0.25) is 0 Å². The fourth-order valence-corrected chi connectivity index (χ4v) is 2.32. The Bertz CT molecular complexity index is 566. The van der Waals surface area contributed by atoms with Crippen LogP contribution in [-0.2, 0) is 9.53 Å². The zero-order valence-corrected chi connectivity index (χ0v) is 14.4. The maximum atomic E-state index is 12.6. The van der Waals surface area contributed by atoms with E-state index < -0.39 is 5.60 Å². The van der Waals surface area contributed by atoms with Crippen molar-refractivity contribution in [3.63, 3.8) is 0 Å². The molecule has 0 heterocycles. The zero-order chi connectivity index (χ0) is 17.3. The molecule has 1 rings (SSSR count). The normalized spacial score (nSPS) is 13.0. The summed E-state index contributed by atoms with van der Waals surface area (Å²) in [6.07, 6.45) is 2.53. The van der Waals surface area contributed by atoms with Crippen molar-refractivity contribution in [2.45, 2.75) is 52.6 Å². The summed E-state index contributed by atoms with van der Waals surface area (Å²) >= 11 is 0. The van der Waals surface area contributed by atoms with Gasteiger partial charge in [-0.25, -0.2) is 0 Å². The first kappa shape index (κ1) is 19.0. The lowest BCUT2D eigenvalue weighted by Gasteiger charge is -2.28. The van der Waals surface area contributed by atoms with Gasteiger partial charge >= 0.3 is 0 Å². The second kappa shape index (κ2) is 9.16. The topological polar surface area (TPSA) is 71.3 Å². The highest BCUT2D eigenvalue weighted by Gasteiger charge is 2.33. The van der Waals surface area contributed by atoms with Crippen molar-refractivity contribution in [1.82, 2.24) is 0 Å². The van der Waals surface area contributed by atoms with Gasteiger partial charge in [-0.1, -0.05) is 19.8 Å². The fraction of sp³-hybridized carbons (Fsp3) is 0.556. The van der Waals surface area contributed by atoms with Crippen LogP contribution in [0.25, 0.3) is 0 Å². The number of benzene rings is 1. The van der Waals surface area contributed by atoms with Crippen molar-refractivity contribution in [3.05, 3.63) is 23.8 Å². The smallest absolute Gasteiger partial charge is 0.256 e. The third-order valence-corrected chi connectivity index (χ3v) is 3.62. The number of carbonyl (C=O) groups is 1. The number of rotatable bonds is 9. The minimum absolute atomic E-state index is 0.228. The molecule has 1 aromatic rings. The Balaban J connectivity index is 2.96. The molecule has 1 aromatic carbocycles. The molecule has 0 aliphatic heterocycles. The summed E-state index contributed by atoms with van der Waals surface area (Å²) in [5.74, 6) is 0.383. The fourth-order valence-electron chi connectivity index (χ4n) is 2.32. The van der Waals surface area contributed by atoms with E-state index in [4.69, 9.17) is 9.47 Å². The summed E-state index contributed by atoms with van der Waals surface area (Å²) in [6.45, 7) is 8.60. The van der Waals surface area contributed by atoms with Crippen LogP contribution >= 0.6 is 0 Å². The van der Waals surface area contributed by atoms with Crippen molar-refractivity contribution in [2.24, 2.45) is 0 Å². The van der Waals surface area contributed by atoms with Gasteiger partial charge in [0.25, 0.3) is 5.91 Å². The number of hydrogen-bond donors (Lipinski definition) is 1. The van der Waals surface area contributed by atoms with Gasteiger partial charge in [-0.15, -0.1) is 0 Å². The summed E-state index contributed by atoms with van der Waals surface area (Å²) in [7, 11) is 0. The Morgan fingerprint density at radius 2 is 2.04 bits per heavy atom. The molecule has 1 N–H and O–H groups in total. The molecule has 0 saturated carbocycles. The monoisotopic (exact) mass is 318 g/mol. The average molecular weight is 318 g/mol. The first-order chi connectivity index (χ1) is 11.0. The number of anilines is 1. The first-order valence-corrected chi connectivity index (χ1v) is 8.13. The number of unbranched alkanes of at least 4 members (excludes halogenated alkanes) is 1. The molecule has 0 spiro atoms. The van der Waals surface area contributed by atoms with E-state index in [2.05, 4.69) is 18.3 Å². The third-order valence-electron chi connectivity index (χ3n) is 3.62. The van der Waals surface area contributed by atoms with Crippen LogP contribution in [-0.4, -0.2) is 24.7 Å². The van der Waals surface area contributed by atoms with E-state index >= 15 is 0 Å². The first-order valence-electron chi connectivity index (χ1n) is 8.13. The molecule has 1 amide bonds. The lowest BCUT2D eigenvalue weighted by atomic mass is 9.97. The van der Waals surface area contributed by atoms with Crippen LogP contribution in [0.1, 0.15) is 52.5 Å². The van der Waals surface area contributed by atoms with E-state index in [-0.39, 0.29) is 5.91 Å². The van der Waals surface area contributed by atoms with E-state index in [0.29, 0.717) is 36.6 Å². The Hall–Kier alpha value is -2.06. The zero-order valence-electron chi connectivity index (χ0n) is 14.4. The molecular formula is C18H26N2O3. The molecule has 0 aromatic heterocycles. The number of nitrogens with zero attached hydrogens (tertiary/aromatic N) is 1. The van der Waals surface area contributed by atoms with Crippen molar-refractivity contribution in [2.75, 3.05) is 18.5 Å². The number of nitriles is 1. The average Bonchev–Trinajstić information content (AvgIpc) is 2.54.